The van der Waals surface area contributed by atoms with Gasteiger partial charge in [-0.25, -0.2) is 4.98 Å². The second-order valence-corrected chi connectivity index (χ2v) is 6.42. The van der Waals surface area contributed by atoms with Crippen molar-refractivity contribution in [2.75, 3.05) is 25.4 Å². The van der Waals surface area contributed by atoms with Crippen LogP contribution in [0.5, 0.6) is 0 Å². The maximum absolute atomic E-state index is 12.3. The standard InChI is InChI=1S/C16H19N3O3S/c1-10-8-19(4-5-22-10)15(21)9-23-16-13(7-17)6-14(12(3)20)11(2)18-16/h6,10H,4-5,8-9H2,1-3H3. The minimum Gasteiger partial charge on any atom is -0.375 e. The molecule has 1 fully saturated rings. The Morgan fingerprint density at radius 1 is 1.57 bits per heavy atom. The number of thioether (sulfide) groups is 1. The van der Waals surface area contributed by atoms with Gasteiger partial charge in [0.2, 0.25) is 5.91 Å². The van der Waals surface area contributed by atoms with E-state index in [1.807, 2.05) is 13.0 Å². The van der Waals surface area contributed by atoms with E-state index in [2.05, 4.69) is 4.98 Å². The van der Waals surface area contributed by atoms with Crippen LogP contribution >= 0.6 is 11.8 Å². The van der Waals surface area contributed by atoms with Gasteiger partial charge in [-0.1, -0.05) is 11.8 Å². The van der Waals surface area contributed by atoms with Crippen molar-refractivity contribution in [1.82, 2.24) is 9.88 Å². The third-order valence-corrected chi connectivity index (χ3v) is 4.58. The summed E-state index contributed by atoms with van der Waals surface area (Å²) in [5.74, 6) is 0.0957. The van der Waals surface area contributed by atoms with Crippen molar-refractivity contribution in [3.05, 3.63) is 22.9 Å². The van der Waals surface area contributed by atoms with Crippen molar-refractivity contribution in [1.29, 1.82) is 5.26 Å². The number of nitrogens with zero attached hydrogens (tertiary/aromatic N) is 3. The smallest absolute Gasteiger partial charge is 0.233 e. The van der Waals surface area contributed by atoms with Gasteiger partial charge < -0.3 is 9.64 Å². The predicted molar refractivity (Wildman–Crippen MR) is 86.4 cm³/mol. The molecule has 1 aliphatic heterocycles. The van der Waals surface area contributed by atoms with Crippen LogP contribution in [0.3, 0.4) is 0 Å². The number of carbonyl (C=O) groups is 2. The van der Waals surface area contributed by atoms with Crippen molar-refractivity contribution in [2.45, 2.75) is 31.9 Å². The largest absolute Gasteiger partial charge is 0.375 e. The molecule has 23 heavy (non-hydrogen) atoms. The SMILES string of the molecule is CC(=O)c1cc(C#N)c(SCC(=O)N2CCOC(C)C2)nc1C. The lowest BCUT2D eigenvalue weighted by Crippen LogP contribution is -2.45. The fourth-order valence-corrected chi connectivity index (χ4v) is 3.30. The number of ketones is 1. The van der Waals surface area contributed by atoms with Crippen LogP contribution < -0.4 is 0 Å². The first kappa shape index (κ1) is 17.4. The Labute approximate surface area is 139 Å². The lowest BCUT2D eigenvalue weighted by atomic mass is 10.1. The van der Waals surface area contributed by atoms with Crippen LogP contribution in [0.4, 0.5) is 0 Å². The molecule has 1 amide bonds. The van der Waals surface area contributed by atoms with E-state index in [-0.39, 0.29) is 23.5 Å². The number of Topliss-reactive ketones (excluding diaryl/α,β-unsaturated/α-hetero) is 1. The highest BCUT2D eigenvalue weighted by Crippen LogP contribution is 2.23. The molecule has 0 radical (unpaired) electrons. The van der Waals surface area contributed by atoms with Gasteiger partial charge in [0.25, 0.3) is 0 Å². The van der Waals surface area contributed by atoms with Gasteiger partial charge in [0.15, 0.2) is 5.78 Å². The van der Waals surface area contributed by atoms with Crippen LogP contribution in [0.15, 0.2) is 11.1 Å². The first-order valence-electron chi connectivity index (χ1n) is 7.37. The first-order valence-corrected chi connectivity index (χ1v) is 8.35. The second kappa shape index (κ2) is 7.57. The number of aromatic nitrogens is 1. The van der Waals surface area contributed by atoms with Crippen LogP contribution in [0.25, 0.3) is 0 Å². The van der Waals surface area contributed by atoms with Crippen molar-refractivity contribution in [3.63, 3.8) is 0 Å². The number of hydrogen-bond acceptors (Lipinski definition) is 6. The molecule has 1 aromatic heterocycles. The van der Waals surface area contributed by atoms with Crippen LogP contribution in [0.1, 0.15) is 35.5 Å². The maximum Gasteiger partial charge on any atom is 0.233 e. The molecule has 1 aromatic rings. The molecule has 2 rings (SSSR count). The zero-order valence-electron chi connectivity index (χ0n) is 13.5. The van der Waals surface area contributed by atoms with Gasteiger partial charge in [-0.3, -0.25) is 9.59 Å². The zero-order valence-corrected chi connectivity index (χ0v) is 14.3. The number of pyridine rings is 1. The molecule has 7 heteroatoms. The molecule has 0 N–H and O–H groups in total. The second-order valence-electron chi connectivity index (χ2n) is 5.45. The summed E-state index contributed by atoms with van der Waals surface area (Å²) in [6, 6.07) is 3.60. The summed E-state index contributed by atoms with van der Waals surface area (Å²) in [5, 5.41) is 9.73. The van der Waals surface area contributed by atoms with E-state index in [1.54, 1.807) is 17.9 Å². The van der Waals surface area contributed by atoms with Crippen LogP contribution in [0, 0.1) is 18.3 Å². The molecule has 0 bridgehead atoms. The van der Waals surface area contributed by atoms with E-state index in [4.69, 9.17) is 4.74 Å². The third-order valence-electron chi connectivity index (χ3n) is 3.60. The minimum absolute atomic E-state index is 0.00383. The van der Waals surface area contributed by atoms with Crippen LogP contribution in [-0.4, -0.2) is 53.1 Å². The normalized spacial score (nSPS) is 17.7. The Morgan fingerprint density at radius 3 is 2.91 bits per heavy atom. The molecule has 0 spiro atoms. The lowest BCUT2D eigenvalue weighted by Gasteiger charge is -2.31. The topological polar surface area (TPSA) is 83.3 Å². The Bertz CT molecular complexity index is 669. The Hall–Kier alpha value is -1.91. The molecule has 122 valence electrons. The van der Waals surface area contributed by atoms with Gasteiger partial charge >= 0.3 is 0 Å². The summed E-state index contributed by atoms with van der Waals surface area (Å²) in [7, 11) is 0. The summed E-state index contributed by atoms with van der Waals surface area (Å²) in [4.78, 5) is 29.9. The van der Waals surface area contributed by atoms with Crippen molar-refractivity contribution >= 4 is 23.5 Å². The molecule has 0 aliphatic carbocycles. The number of carbonyl (C=O) groups excluding carboxylic acids is 2. The number of aryl methyl sites for hydroxylation is 1. The first-order chi connectivity index (χ1) is 10.9. The number of amides is 1. The fourth-order valence-electron chi connectivity index (χ4n) is 2.40. The van der Waals surface area contributed by atoms with E-state index in [1.165, 1.54) is 18.7 Å². The van der Waals surface area contributed by atoms with Gasteiger partial charge in [0.1, 0.15) is 11.1 Å². The van der Waals surface area contributed by atoms with Crippen molar-refractivity contribution < 1.29 is 14.3 Å². The predicted octanol–water partition coefficient (Wildman–Crippen LogP) is 1.80. The minimum atomic E-state index is -0.124. The Morgan fingerprint density at radius 2 is 2.30 bits per heavy atom. The van der Waals surface area contributed by atoms with Gasteiger partial charge in [-0.2, -0.15) is 5.26 Å². The number of nitriles is 1. The number of morpholine rings is 1. The molecular formula is C16H19N3O3S. The lowest BCUT2D eigenvalue weighted by molar-refractivity contribution is -0.135. The molecule has 2 heterocycles. The monoisotopic (exact) mass is 333 g/mol. The molecule has 0 aromatic carbocycles. The van der Waals surface area contributed by atoms with E-state index >= 15 is 0 Å². The quantitative estimate of drug-likeness (QED) is 0.617. The summed E-state index contributed by atoms with van der Waals surface area (Å²) >= 11 is 1.23. The summed E-state index contributed by atoms with van der Waals surface area (Å²) in [5.41, 5.74) is 1.35. The molecular weight excluding hydrogens is 314 g/mol. The van der Waals surface area contributed by atoms with Crippen molar-refractivity contribution in [2.24, 2.45) is 0 Å². The van der Waals surface area contributed by atoms with Gasteiger partial charge in [0, 0.05) is 24.3 Å². The van der Waals surface area contributed by atoms with Crippen LogP contribution in [-0.2, 0) is 9.53 Å². The Kier molecular flexibility index (Phi) is 5.74. The van der Waals surface area contributed by atoms with Crippen LogP contribution in [0.2, 0.25) is 0 Å². The molecule has 1 saturated heterocycles. The highest BCUT2D eigenvalue weighted by molar-refractivity contribution is 7.99. The third kappa shape index (κ3) is 4.30. The Balaban J connectivity index is 2.08. The number of ether oxygens (including phenoxy) is 1. The van der Waals surface area contributed by atoms with Gasteiger partial charge in [0.05, 0.1) is 24.0 Å². The number of hydrogen-bond donors (Lipinski definition) is 0. The molecule has 1 unspecified atom stereocenters. The fraction of sp³-hybridized carbons (Fsp3) is 0.500. The summed E-state index contributed by atoms with van der Waals surface area (Å²) in [6.07, 6.45) is 0.0441. The van der Waals surface area contributed by atoms with E-state index < -0.39 is 0 Å². The maximum atomic E-state index is 12.3. The van der Waals surface area contributed by atoms with Crippen molar-refractivity contribution in [3.8, 4) is 6.07 Å². The number of rotatable bonds is 4. The average Bonchev–Trinajstić information content (AvgIpc) is 2.52. The zero-order chi connectivity index (χ0) is 17.0. The van der Waals surface area contributed by atoms with Gasteiger partial charge in [-0.15, -0.1) is 0 Å². The molecule has 1 atom stereocenters. The molecule has 0 saturated carbocycles. The summed E-state index contributed by atoms with van der Waals surface area (Å²) < 4.78 is 5.42. The summed E-state index contributed by atoms with van der Waals surface area (Å²) in [6.45, 7) is 6.83. The van der Waals surface area contributed by atoms with E-state index in [0.29, 0.717) is 41.5 Å². The van der Waals surface area contributed by atoms with E-state index in [9.17, 15) is 14.9 Å². The molecule has 1 aliphatic rings. The van der Waals surface area contributed by atoms with E-state index in [0.717, 1.165) is 0 Å². The molecule has 6 nitrogen and oxygen atoms in total. The highest BCUT2D eigenvalue weighted by Gasteiger charge is 2.22. The highest BCUT2D eigenvalue weighted by atomic mass is 32.2. The average molecular weight is 333 g/mol. The van der Waals surface area contributed by atoms with Gasteiger partial charge in [-0.05, 0) is 26.8 Å².